The van der Waals surface area contributed by atoms with E-state index < -0.39 is 36.7 Å². The van der Waals surface area contributed by atoms with Gasteiger partial charge in [0.1, 0.15) is 6.61 Å². The fourth-order valence-electron chi connectivity index (χ4n) is 1.45. The van der Waals surface area contributed by atoms with E-state index in [2.05, 4.69) is 0 Å². The number of carbonyl (C=O) groups excluding carboxylic acids is 3. The Bertz CT molecular complexity index is 477. The highest BCUT2D eigenvalue weighted by molar-refractivity contribution is 5.83. The van der Waals surface area contributed by atoms with Gasteiger partial charge < -0.3 is 19.3 Å². The van der Waals surface area contributed by atoms with Gasteiger partial charge in [0.2, 0.25) is 0 Å². The number of carbonyl (C=O) groups is 3. The first-order chi connectivity index (χ1) is 11.0. The van der Waals surface area contributed by atoms with Crippen molar-refractivity contribution in [3.8, 4) is 0 Å². The third-order valence-electron chi connectivity index (χ3n) is 2.43. The van der Waals surface area contributed by atoms with Gasteiger partial charge in [0.15, 0.2) is 12.2 Å². The average Bonchev–Trinajstić information content (AvgIpc) is 2.50. The summed E-state index contributed by atoms with van der Waals surface area (Å²) >= 11 is 0. The molecule has 0 saturated carbocycles. The van der Waals surface area contributed by atoms with Crippen LogP contribution in [0, 0.1) is 0 Å². The summed E-state index contributed by atoms with van der Waals surface area (Å²) in [4.78, 5) is 34.4. The molecule has 7 heteroatoms. The Morgan fingerprint density at radius 3 is 1.70 bits per heavy atom. The fourth-order valence-corrected chi connectivity index (χ4v) is 1.45. The number of hydrogen-bond donors (Lipinski definition) is 1. The number of aliphatic hydroxyl groups excluding tert-OH is 1. The van der Waals surface area contributed by atoms with Gasteiger partial charge in [-0.25, -0.2) is 14.4 Å². The Labute approximate surface area is 135 Å². The molecule has 2 atom stereocenters. The van der Waals surface area contributed by atoms with Gasteiger partial charge in [-0.3, -0.25) is 0 Å². The fraction of sp³-hybridized carbons (Fsp3) is 0.438. The predicted molar refractivity (Wildman–Crippen MR) is 82.2 cm³/mol. The Morgan fingerprint density at radius 2 is 1.26 bits per heavy atom. The first-order valence-electron chi connectivity index (χ1n) is 7.05. The summed E-state index contributed by atoms with van der Waals surface area (Å²) in [6.45, 7) is 3.93. The van der Waals surface area contributed by atoms with Crippen molar-refractivity contribution in [3.63, 3.8) is 0 Å². The first-order valence-corrected chi connectivity index (χ1v) is 7.05. The Kier molecular flexibility index (Phi) is 10.9. The van der Waals surface area contributed by atoms with Crippen LogP contribution >= 0.6 is 0 Å². The lowest BCUT2D eigenvalue weighted by Gasteiger charge is -2.24. The van der Waals surface area contributed by atoms with Crippen LogP contribution in [0.4, 0.5) is 0 Å². The van der Waals surface area contributed by atoms with Gasteiger partial charge in [-0.2, -0.15) is 0 Å². The number of ether oxygens (including phenoxy) is 3. The normalized spacial score (nSPS) is 14.1. The van der Waals surface area contributed by atoms with Crippen LogP contribution in [0.2, 0.25) is 0 Å². The van der Waals surface area contributed by atoms with Crippen molar-refractivity contribution in [2.75, 3.05) is 13.2 Å². The summed E-state index contributed by atoms with van der Waals surface area (Å²) in [6.07, 6.45) is 5.61. The zero-order valence-corrected chi connectivity index (χ0v) is 13.4. The molecular weight excluding hydrogens is 304 g/mol. The Hall–Kier alpha value is -2.41. The lowest BCUT2D eigenvalue weighted by Crippen LogP contribution is -2.41. The number of aliphatic hydroxyl groups is 1. The molecule has 0 saturated heterocycles. The summed E-state index contributed by atoms with van der Waals surface area (Å²) in [5.74, 6) is -2.06. The molecule has 0 aromatic rings. The highest BCUT2D eigenvalue weighted by atomic mass is 16.6. The first kappa shape index (κ1) is 20.6. The van der Waals surface area contributed by atoms with E-state index in [0.29, 0.717) is 0 Å². The topological polar surface area (TPSA) is 99.1 Å². The maximum absolute atomic E-state index is 11.6. The molecule has 1 N–H and O–H groups in total. The summed E-state index contributed by atoms with van der Waals surface area (Å²) in [6, 6.07) is 0. The van der Waals surface area contributed by atoms with Crippen molar-refractivity contribution in [1.82, 2.24) is 0 Å². The summed E-state index contributed by atoms with van der Waals surface area (Å²) in [5, 5.41) is 9.36. The summed E-state index contributed by atoms with van der Waals surface area (Å²) in [7, 11) is 0. The molecule has 7 nitrogen and oxygen atoms in total. The maximum Gasteiger partial charge on any atom is 0.330 e. The number of allylic oxidation sites excluding steroid dienone is 3. The number of esters is 3. The zero-order valence-electron chi connectivity index (χ0n) is 13.4. The SMILES string of the molecule is C/C=C/C(=O)OCC(OC(=O)/C=C/C)C(CO)OC(=O)/C=C/C. The minimum atomic E-state index is -1.16. The highest BCUT2D eigenvalue weighted by Gasteiger charge is 2.28. The second-order valence-corrected chi connectivity index (χ2v) is 4.26. The van der Waals surface area contributed by atoms with Crippen molar-refractivity contribution >= 4 is 17.9 Å². The Morgan fingerprint density at radius 1 is 0.826 bits per heavy atom. The van der Waals surface area contributed by atoms with Crippen molar-refractivity contribution in [3.05, 3.63) is 36.5 Å². The third kappa shape index (κ3) is 9.26. The van der Waals surface area contributed by atoms with Crippen molar-refractivity contribution in [2.45, 2.75) is 33.0 Å². The largest absolute Gasteiger partial charge is 0.458 e. The maximum atomic E-state index is 11.6. The average molecular weight is 326 g/mol. The van der Waals surface area contributed by atoms with Crippen LogP contribution in [0.25, 0.3) is 0 Å². The van der Waals surface area contributed by atoms with Crippen LogP contribution in [0.1, 0.15) is 20.8 Å². The summed E-state index contributed by atoms with van der Waals surface area (Å²) in [5.41, 5.74) is 0. The molecule has 0 aliphatic carbocycles. The molecule has 0 rings (SSSR count). The van der Waals surface area contributed by atoms with E-state index in [4.69, 9.17) is 14.2 Å². The highest BCUT2D eigenvalue weighted by Crippen LogP contribution is 2.08. The predicted octanol–water partition coefficient (Wildman–Crippen LogP) is 1.07. The lowest BCUT2D eigenvalue weighted by atomic mass is 10.2. The minimum Gasteiger partial charge on any atom is -0.458 e. The Balaban J connectivity index is 4.99. The molecule has 0 heterocycles. The third-order valence-corrected chi connectivity index (χ3v) is 2.43. The van der Waals surface area contributed by atoms with Crippen molar-refractivity contribution in [1.29, 1.82) is 0 Å². The van der Waals surface area contributed by atoms with Crippen LogP contribution in [-0.2, 0) is 28.6 Å². The van der Waals surface area contributed by atoms with Crippen LogP contribution in [-0.4, -0.2) is 48.4 Å². The van der Waals surface area contributed by atoms with E-state index in [-0.39, 0.29) is 6.61 Å². The lowest BCUT2D eigenvalue weighted by molar-refractivity contribution is -0.172. The molecular formula is C16H22O7. The molecule has 0 fully saturated rings. The van der Waals surface area contributed by atoms with E-state index >= 15 is 0 Å². The molecule has 0 amide bonds. The van der Waals surface area contributed by atoms with Crippen molar-refractivity contribution in [2.24, 2.45) is 0 Å². The minimum absolute atomic E-state index is 0.360. The molecule has 2 unspecified atom stereocenters. The number of hydrogen-bond acceptors (Lipinski definition) is 7. The van der Waals surface area contributed by atoms with Gasteiger partial charge in [0.25, 0.3) is 0 Å². The molecule has 23 heavy (non-hydrogen) atoms. The van der Waals surface area contributed by atoms with Crippen molar-refractivity contribution < 1.29 is 33.7 Å². The van der Waals surface area contributed by atoms with Gasteiger partial charge in [0.05, 0.1) is 6.61 Å². The molecule has 0 bridgehead atoms. The molecule has 0 spiro atoms. The smallest absolute Gasteiger partial charge is 0.330 e. The standard InChI is InChI=1S/C16H22O7/c1-4-7-14(18)21-11-13(23-16(20)9-6-3)12(10-17)22-15(19)8-5-2/h4-9,12-13,17H,10-11H2,1-3H3/b7-4+,8-5+,9-6+. The van der Waals surface area contributed by atoms with Crippen LogP contribution in [0.3, 0.4) is 0 Å². The van der Waals surface area contributed by atoms with E-state index in [1.54, 1.807) is 20.8 Å². The van der Waals surface area contributed by atoms with Crippen LogP contribution in [0.5, 0.6) is 0 Å². The van der Waals surface area contributed by atoms with E-state index in [1.165, 1.54) is 24.3 Å². The van der Waals surface area contributed by atoms with Crippen LogP contribution in [0.15, 0.2) is 36.5 Å². The van der Waals surface area contributed by atoms with E-state index in [9.17, 15) is 19.5 Å². The van der Waals surface area contributed by atoms with E-state index in [0.717, 1.165) is 12.2 Å². The van der Waals surface area contributed by atoms with Gasteiger partial charge in [-0.1, -0.05) is 18.2 Å². The molecule has 0 radical (unpaired) electrons. The second-order valence-electron chi connectivity index (χ2n) is 4.26. The monoisotopic (exact) mass is 326 g/mol. The molecule has 0 aliphatic heterocycles. The molecule has 0 aromatic carbocycles. The van der Waals surface area contributed by atoms with Gasteiger partial charge in [-0.15, -0.1) is 0 Å². The molecule has 0 aliphatic rings. The second kappa shape index (κ2) is 12.2. The van der Waals surface area contributed by atoms with Gasteiger partial charge in [-0.05, 0) is 20.8 Å². The number of rotatable bonds is 9. The van der Waals surface area contributed by atoms with Crippen LogP contribution < -0.4 is 0 Å². The van der Waals surface area contributed by atoms with E-state index in [1.807, 2.05) is 0 Å². The van der Waals surface area contributed by atoms with Gasteiger partial charge >= 0.3 is 17.9 Å². The zero-order chi connectivity index (χ0) is 17.7. The summed E-state index contributed by atoms with van der Waals surface area (Å²) < 4.78 is 15.0. The quantitative estimate of drug-likeness (QED) is 0.384. The molecule has 128 valence electrons. The van der Waals surface area contributed by atoms with Gasteiger partial charge in [0, 0.05) is 18.2 Å². The molecule has 0 aromatic heterocycles.